The number of carbonyl (C=O) groups excluding carboxylic acids is 1. The van der Waals surface area contributed by atoms with E-state index in [0.717, 1.165) is 22.3 Å². The fourth-order valence-electron chi connectivity index (χ4n) is 3.13. The maximum Gasteiger partial charge on any atom is 0.363 e. The van der Waals surface area contributed by atoms with E-state index in [1.54, 1.807) is 25.3 Å². The van der Waals surface area contributed by atoms with Crippen molar-refractivity contribution in [2.45, 2.75) is 13.5 Å². The molecule has 0 N–H and O–H groups in total. The van der Waals surface area contributed by atoms with Crippen molar-refractivity contribution in [2.24, 2.45) is 4.99 Å². The number of hydrogen-bond donors (Lipinski definition) is 0. The zero-order chi connectivity index (χ0) is 21.8. The zero-order valence-electron chi connectivity index (χ0n) is 17.1. The third kappa shape index (κ3) is 4.78. The first-order valence-electron chi connectivity index (χ1n) is 9.67. The zero-order valence-corrected chi connectivity index (χ0v) is 17.8. The molecule has 3 aromatic rings. The Morgan fingerprint density at radius 1 is 1.03 bits per heavy atom. The summed E-state index contributed by atoms with van der Waals surface area (Å²) in [5, 5.41) is 0.643. The minimum atomic E-state index is -0.491. The Kier molecular flexibility index (Phi) is 6.05. The second-order valence-corrected chi connectivity index (χ2v) is 7.40. The lowest BCUT2D eigenvalue weighted by Gasteiger charge is -2.12. The Balaban J connectivity index is 1.55. The monoisotopic (exact) mass is 433 g/mol. The first-order valence-corrected chi connectivity index (χ1v) is 10.0. The smallest absolute Gasteiger partial charge is 0.363 e. The summed E-state index contributed by atoms with van der Waals surface area (Å²) in [4.78, 5) is 16.6. The predicted octanol–water partition coefficient (Wildman–Crippen LogP) is 5.58. The van der Waals surface area contributed by atoms with E-state index in [0.29, 0.717) is 29.0 Å². The van der Waals surface area contributed by atoms with E-state index < -0.39 is 5.97 Å². The first kappa shape index (κ1) is 20.7. The van der Waals surface area contributed by atoms with Crippen molar-refractivity contribution in [1.29, 1.82) is 0 Å². The van der Waals surface area contributed by atoms with Crippen molar-refractivity contribution in [1.82, 2.24) is 0 Å². The lowest BCUT2D eigenvalue weighted by Crippen LogP contribution is -2.05. The number of ether oxygens (including phenoxy) is 3. The van der Waals surface area contributed by atoms with E-state index in [2.05, 4.69) is 4.99 Å². The van der Waals surface area contributed by atoms with Gasteiger partial charge in [0.1, 0.15) is 6.61 Å². The van der Waals surface area contributed by atoms with E-state index in [4.69, 9.17) is 25.8 Å². The highest BCUT2D eigenvalue weighted by atomic mass is 35.5. The number of aryl methyl sites for hydroxylation is 1. The Bertz CT molecular complexity index is 1200. The largest absolute Gasteiger partial charge is 0.493 e. The molecule has 0 bridgehead atoms. The van der Waals surface area contributed by atoms with Crippen LogP contribution in [0.5, 0.6) is 11.5 Å². The Labute approximate surface area is 185 Å². The van der Waals surface area contributed by atoms with Gasteiger partial charge in [-0.3, -0.25) is 0 Å². The number of rotatable bonds is 6. The normalized spacial score (nSPS) is 14.4. The first-order chi connectivity index (χ1) is 15.0. The number of hydrogen-bond acceptors (Lipinski definition) is 5. The minimum absolute atomic E-state index is 0.225. The summed E-state index contributed by atoms with van der Waals surface area (Å²) < 4.78 is 16.7. The van der Waals surface area contributed by atoms with E-state index in [-0.39, 0.29) is 5.70 Å². The SMILES string of the molecule is COc1cc(/C=C2\N=C(c3cccc(C)c3)OC2=O)ccc1OCc1ccccc1Cl. The molecule has 0 aliphatic carbocycles. The maximum absolute atomic E-state index is 12.3. The summed E-state index contributed by atoms with van der Waals surface area (Å²) in [6.45, 7) is 2.28. The van der Waals surface area contributed by atoms with E-state index in [1.807, 2.05) is 61.5 Å². The maximum atomic E-state index is 12.3. The number of methoxy groups -OCH3 is 1. The highest BCUT2D eigenvalue weighted by Crippen LogP contribution is 2.31. The number of halogens is 1. The lowest BCUT2D eigenvalue weighted by molar-refractivity contribution is -0.129. The van der Waals surface area contributed by atoms with Crippen LogP contribution in [0.25, 0.3) is 6.08 Å². The summed E-state index contributed by atoms with van der Waals surface area (Å²) in [5.74, 6) is 0.916. The van der Waals surface area contributed by atoms with Gasteiger partial charge in [0.25, 0.3) is 0 Å². The summed E-state index contributed by atoms with van der Waals surface area (Å²) in [7, 11) is 1.56. The molecule has 5 nitrogen and oxygen atoms in total. The van der Waals surface area contributed by atoms with Crippen LogP contribution in [0.4, 0.5) is 0 Å². The molecule has 1 aliphatic rings. The van der Waals surface area contributed by atoms with Gasteiger partial charge in [0.2, 0.25) is 5.90 Å². The van der Waals surface area contributed by atoms with Gasteiger partial charge in [-0.1, -0.05) is 53.6 Å². The van der Waals surface area contributed by atoms with Crippen LogP contribution in [0.3, 0.4) is 0 Å². The molecule has 0 fully saturated rings. The van der Waals surface area contributed by atoms with Crippen molar-refractivity contribution >= 4 is 29.5 Å². The van der Waals surface area contributed by atoms with Gasteiger partial charge in [-0.15, -0.1) is 0 Å². The van der Waals surface area contributed by atoms with Crippen LogP contribution in [0.2, 0.25) is 5.02 Å². The Morgan fingerprint density at radius 3 is 2.65 bits per heavy atom. The fraction of sp³-hybridized carbons (Fsp3) is 0.120. The number of cyclic esters (lactones) is 1. The molecule has 31 heavy (non-hydrogen) atoms. The molecule has 156 valence electrons. The summed E-state index contributed by atoms with van der Waals surface area (Å²) in [6, 6.07) is 20.5. The van der Waals surface area contributed by atoms with Crippen molar-refractivity contribution in [3.8, 4) is 11.5 Å². The van der Waals surface area contributed by atoms with Gasteiger partial charge in [0, 0.05) is 16.1 Å². The van der Waals surface area contributed by atoms with Crippen LogP contribution in [-0.4, -0.2) is 19.0 Å². The molecule has 0 spiro atoms. The van der Waals surface area contributed by atoms with E-state index in [9.17, 15) is 4.79 Å². The standard InChI is InChI=1S/C25H20ClNO4/c1-16-6-5-8-18(12-16)24-27-21(25(28)31-24)13-17-10-11-22(23(14-17)29-2)30-15-19-7-3-4-9-20(19)26/h3-14H,15H2,1-2H3/b21-13-. The number of aliphatic imine (C=N–C) groups is 1. The van der Waals surface area contributed by atoms with Crippen LogP contribution < -0.4 is 9.47 Å². The van der Waals surface area contributed by atoms with Crippen molar-refractivity contribution < 1.29 is 19.0 Å². The van der Waals surface area contributed by atoms with Gasteiger partial charge in [0.05, 0.1) is 7.11 Å². The highest BCUT2D eigenvalue weighted by Gasteiger charge is 2.24. The molecule has 1 heterocycles. The topological polar surface area (TPSA) is 57.1 Å². The van der Waals surface area contributed by atoms with Gasteiger partial charge >= 0.3 is 5.97 Å². The van der Waals surface area contributed by atoms with Crippen molar-refractivity contribution in [3.63, 3.8) is 0 Å². The minimum Gasteiger partial charge on any atom is -0.493 e. The van der Waals surface area contributed by atoms with E-state index >= 15 is 0 Å². The van der Waals surface area contributed by atoms with Gasteiger partial charge in [-0.25, -0.2) is 9.79 Å². The van der Waals surface area contributed by atoms with E-state index in [1.165, 1.54) is 0 Å². The Hall–Kier alpha value is -3.57. The average Bonchev–Trinajstić information content (AvgIpc) is 3.14. The van der Waals surface area contributed by atoms with Crippen molar-refractivity contribution in [2.75, 3.05) is 7.11 Å². The third-order valence-corrected chi connectivity index (χ3v) is 5.09. The Morgan fingerprint density at radius 2 is 1.87 bits per heavy atom. The van der Waals surface area contributed by atoms with Gasteiger partial charge in [0.15, 0.2) is 17.2 Å². The second kappa shape index (κ2) is 9.06. The van der Waals surface area contributed by atoms with Crippen LogP contribution >= 0.6 is 11.6 Å². The summed E-state index contributed by atoms with van der Waals surface area (Å²) >= 11 is 6.19. The number of carbonyl (C=O) groups is 1. The molecule has 3 aromatic carbocycles. The summed E-state index contributed by atoms with van der Waals surface area (Å²) in [6.07, 6.45) is 1.66. The van der Waals surface area contributed by atoms with Gasteiger partial charge in [-0.05, 0) is 48.9 Å². The number of nitrogens with zero attached hydrogens (tertiary/aromatic N) is 1. The molecule has 0 unspecified atom stereocenters. The molecule has 0 amide bonds. The van der Waals surface area contributed by atoms with Crippen LogP contribution in [0, 0.1) is 6.92 Å². The molecule has 6 heteroatoms. The summed E-state index contributed by atoms with van der Waals surface area (Å²) in [5.41, 5.74) is 3.67. The second-order valence-electron chi connectivity index (χ2n) is 7.00. The quantitative estimate of drug-likeness (QED) is 0.376. The molecule has 0 radical (unpaired) electrons. The molecule has 0 saturated heterocycles. The molecule has 0 aromatic heterocycles. The predicted molar refractivity (Wildman–Crippen MR) is 121 cm³/mol. The van der Waals surface area contributed by atoms with Crippen LogP contribution in [0.15, 0.2) is 77.4 Å². The van der Waals surface area contributed by atoms with Crippen LogP contribution in [-0.2, 0) is 16.1 Å². The number of esters is 1. The van der Waals surface area contributed by atoms with Crippen molar-refractivity contribution in [3.05, 3.63) is 99.7 Å². The molecule has 0 saturated carbocycles. The molecule has 0 atom stereocenters. The highest BCUT2D eigenvalue weighted by molar-refractivity contribution is 6.31. The fourth-order valence-corrected chi connectivity index (χ4v) is 3.32. The van der Waals surface area contributed by atoms with Crippen LogP contribution in [0.1, 0.15) is 22.3 Å². The lowest BCUT2D eigenvalue weighted by atomic mass is 10.1. The number of benzene rings is 3. The average molecular weight is 434 g/mol. The third-order valence-electron chi connectivity index (χ3n) is 4.72. The molecule has 1 aliphatic heterocycles. The molecular formula is C25H20ClNO4. The molecule has 4 rings (SSSR count). The van der Waals surface area contributed by atoms with Gasteiger partial charge in [-0.2, -0.15) is 0 Å². The van der Waals surface area contributed by atoms with Gasteiger partial charge < -0.3 is 14.2 Å². The molecular weight excluding hydrogens is 414 g/mol.